The van der Waals surface area contributed by atoms with Crippen LogP contribution >= 0.6 is 0 Å². The molecule has 0 radical (unpaired) electrons. The lowest BCUT2D eigenvalue weighted by Crippen LogP contribution is -2.33. The summed E-state index contributed by atoms with van der Waals surface area (Å²) in [6, 6.07) is 6.23. The van der Waals surface area contributed by atoms with Crippen molar-refractivity contribution in [3.8, 4) is 0 Å². The highest BCUT2D eigenvalue weighted by Gasteiger charge is 2.30. The molecule has 0 aromatic heterocycles. The van der Waals surface area contributed by atoms with Gasteiger partial charge in [0.15, 0.2) is 0 Å². The molecule has 0 aliphatic heterocycles. The Morgan fingerprint density at radius 1 is 1.00 bits per heavy atom. The molecule has 0 atom stereocenters. The normalized spacial score (nSPS) is 11.1. The van der Waals surface area contributed by atoms with E-state index in [1.165, 1.54) is 6.07 Å². The zero-order valence-corrected chi connectivity index (χ0v) is 12.5. The molecule has 0 aliphatic rings. The molecule has 4 nitrogen and oxygen atoms in total. The topological polar surface area (TPSA) is 58.2 Å². The number of rotatable bonds is 4. The van der Waals surface area contributed by atoms with E-state index in [9.17, 15) is 31.5 Å². The number of hydrogen-bond acceptors (Lipinski definition) is 2. The quantitative estimate of drug-likeness (QED) is 0.824. The van der Waals surface area contributed by atoms with Crippen LogP contribution in [0.1, 0.15) is 15.9 Å². The zero-order chi connectivity index (χ0) is 18.6. The fraction of sp³-hybridized carbons (Fsp3) is 0.125. The van der Waals surface area contributed by atoms with Gasteiger partial charge in [-0.15, -0.1) is 0 Å². The van der Waals surface area contributed by atoms with Gasteiger partial charge in [0.1, 0.15) is 11.6 Å². The van der Waals surface area contributed by atoms with E-state index in [0.717, 1.165) is 30.3 Å². The molecular weight excluding hydrogens is 347 g/mol. The predicted molar refractivity (Wildman–Crippen MR) is 78.8 cm³/mol. The van der Waals surface area contributed by atoms with Gasteiger partial charge in [0.05, 0.1) is 17.7 Å². The Morgan fingerprint density at radius 2 is 1.72 bits per heavy atom. The molecule has 2 rings (SSSR count). The lowest BCUT2D eigenvalue weighted by molar-refractivity contribution is -0.137. The van der Waals surface area contributed by atoms with Gasteiger partial charge in [-0.2, -0.15) is 13.2 Å². The van der Waals surface area contributed by atoms with E-state index in [0.29, 0.717) is 6.07 Å². The second-order valence-corrected chi connectivity index (χ2v) is 4.93. The summed E-state index contributed by atoms with van der Waals surface area (Å²) < 4.78 is 63.9. The summed E-state index contributed by atoms with van der Waals surface area (Å²) in [5.74, 6) is -3.74. The Balaban J connectivity index is 1.96. The summed E-state index contributed by atoms with van der Waals surface area (Å²) in [4.78, 5) is 23.4. The van der Waals surface area contributed by atoms with E-state index in [2.05, 4.69) is 10.6 Å². The Kier molecular flexibility index (Phi) is 5.35. The van der Waals surface area contributed by atoms with Gasteiger partial charge in [0.25, 0.3) is 5.91 Å². The minimum atomic E-state index is -4.56. The van der Waals surface area contributed by atoms with Gasteiger partial charge in [-0.3, -0.25) is 9.59 Å². The molecule has 2 amide bonds. The van der Waals surface area contributed by atoms with Crippen molar-refractivity contribution < 1.29 is 31.5 Å². The molecule has 0 saturated carbocycles. The molecule has 0 aliphatic carbocycles. The Hall–Kier alpha value is -2.97. The molecule has 2 N–H and O–H groups in total. The fourth-order valence-corrected chi connectivity index (χ4v) is 1.91. The number of benzene rings is 2. The molecule has 2 aromatic rings. The second kappa shape index (κ2) is 7.29. The fourth-order valence-electron chi connectivity index (χ4n) is 1.91. The first kappa shape index (κ1) is 18.4. The van der Waals surface area contributed by atoms with Crippen molar-refractivity contribution in [2.45, 2.75) is 6.18 Å². The van der Waals surface area contributed by atoms with Crippen molar-refractivity contribution in [1.29, 1.82) is 0 Å². The standard InChI is InChI=1S/C16H11F5N2O2/c17-10-4-5-12(13(18)7-10)15(25)22-8-14(24)23-11-3-1-2-9(6-11)16(19,20)21/h1-7H,8H2,(H,22,25)(H,23,24). The highest BCUT2D eigenvalue weighted by molar-refractivity contribution is 5.99. The third kappa shape index (κ3) is 5.00. The van der Waals surface area contributed by atoms with Gasteiger partial charge in [-0.1, -0.05) is 6.07 Å². The zero-order valence-electron chi connectivity index (χ0n) is 12.5. The predicted octanol–water partition coefficient (Wildman–Crippen LogP) is 3.35. The molecule has 0 fully saturated rings. The molecule has 0 unspecified atom stereocenters. The van der Waals surface area contributed by atoms with E-state index in [-0.39, 0.29) is 5.69 Å². The number of carbonyl (C=O) groups excluding carboxylic acids is 2. The van der Waals surface area contributed by atoms with Crippen molar-refractivity contribution in [3.63, 3.8) is 0 Å². The van der Waals surface area contributed by atoms with Gasteiger partial charge in [-0.05, 0) is 30.3 Å². The number of nitrogens with one attached hydrogen (secondary N) is 2. The highest BCUT2D eigenvalue weighted by atomic mass is 19.4. The van der Waals surface area contributed by atoms with Crippen LogP contribution in [0, 0.1) is 11.6 Å². The van der Waals surface area contributed by atoms with Crippen LogP contribution in [0.2, 0.25) is 0 Å². The monoisotopic (exact) mass is 358 g/mol. The Morgan fingerprint density at radius 3 is 2.36 bits per heavy atom. The number of carbonyl (C=O) groups is 2. The summed E-state index contributed by atoms with van der Waals surface area (Å²) >= 11 is 0. The first-order valence-corrected chi connectivity index (χ1v) is 6.87. The summed E-state index contributed by atoms with van der Waals surface area (Å²) in [7, 11) is 0. The first-order chi connectivity index (χ1) is 11.7. The average molecular weight is 358 g/mol. The lowest BCUT2D eigenvalue weighted by atomic mass is 10.2. The molecule has 0 bridgehead atoms. The summed E-state index contributed by atoms with van der Waals surface area (Å²) in [5, 5.41) is 4.27. The van der Waals surface area contributed by atoms with Crippen LogP contribution in [-0.4, -0.2) is 18.4 Å². The molecule has 0 spiro atoms. The second-order valence-electron chi connectivity index (χ2n) is 4.93. The first-order valence-electron chi connectivity index (χ1n) is 6.87. The maximum Gasteiger partial charge on any atom is 0.416 e. The third-order valence-corrected chi connectivity index (χ3v) is 3.06. The summed E-state index contributed by atoms with van der Waals surface area (Å²) in [6.45, 7) is -0.605. The molecule has 25 heavy (non-hydrogen) atoms. The van der Waals surface area contributed by atoms with Crippen LogP contribution < -0.4 is 10.6 Å². The van der Waals surface area contributed by atoms with E-state index >= 15 is 0 Å². The smallest absolute Gasteiger partial charge is 0.343 e. The van der Waals surface area contributed by atoms with Crippen LogP contribution in [0.25, 0.3) is 0 Å². The Labute approximate surface area is 138 Å². The number of amides is 2. The van der Waals surface area contributed by atoms with Crippen molar-refractivity contribution >= 4 is 17.5 Å². The van der Waals surface area contributed by atoms with E-state index < -0.39 is 47.3 Å². The number of alkyl halides is 3. The van der Waals surface area contributed by atoms with Crippen molar-refractivity contribution in [2.75, 3.05) is 11.9 Å². The van der Waals surface area contributed by atoms with Gasteiger partial charge >= 0.3 is 6.18 Å². The van der Waals surface area contributed by atoms with Gasteiger partial charge in [0.2, 0.25) is 5.91 Å². The maximum absolute atomic E-state index is 13.4. The number of hydrogen-bond donors (Lipinski definition) is 2. The minimum absolute atomic E-state index is 0.109. The van der Waals surface area contributed by atoms with Gasteiger partial charge in [0, 0.05) is 11.8 Å². The van der Waals surface area contributed by atoms with Crippen LogP contribution in [0.4, 0.5) is 27.6 Å². The van der Waals surface area contributed by atoms with Crippen molar-refractivity contribution in [2.24, 2.45) is 0 Å². The van der Waals surface area contributed by atoms with E-state index in [4.69, 9.17) is 0 Å². The average Bonchev–Trinajstić information content (AvgIpc) is 2.52. The van der Waals surface area contributed by atoms with Crippen LogP contribution in [0.5, 0.6) is 0 Å². The molecule has 9 heteroatoms. The third-order valence-electron chi connectivity index (χ3n) is 3.06. The van der Waals surface area contributed by atoms with Crippen molar-refractivity contribution in [1.82, 2.24) is 5.32 Å². The minimum Gasteiger partial charge on any atom is -0.343 e. The molecule has 0 heterocycles. The molecule has 0 saturated heterocycles. The summed E-state index contributed by atoms with van der Waals surface area (Å²) in [5.41, 5.74) is -1.52. The van der Waals surface area contributed by atoms with Crippen LogP contribution in [-0.2, 0) is 11.0 Å². The van der Waals surface area contributed by atoms with Crippen LogP contribution in [0.15, 0.2) is 42.5 Å². The number of anilines is 1. The largest absolute Gasteiger partial charge is 0.416 e. The highest BCUT2D eigenvalue weighted by Crippen LogP contribution is 2.30. The van der Waals surface area contributed by atoms with Gasteiger partial charge in [-0.25, -0.2) is 8.78 Å². The van der Waals surface area contributed by atoms with E-state index in [1.54, 1.807) is 0 Å². The molecular formula is C16H11F5N2O2. The number of halogens is 5. The van der Waals surface area contributed by atoms with Gasteiger partial charge < -0.3 is 10.6 Å². The Bertz CT molecular complexity index is 805. The van der Waals surface area contributed by atoms with Crippen molar-refractivity contribution in [3.05, 3.63) is 65.2 Å². The molecule has 132 valence electrons. The van der Waals surface area contributed by atoms with E-state index in [1.807, 2.05) is 0 Å². The SMILES string of the molecule is O=C(CNC(=O)c1ccc(F)cc1F)Nc1cccc(C(F)(F)F)c1. The maximum atomic E-state index is 13.4. The lowest BCUT2D eigenvalue weighted by Gasteiger charge is -2.10. The molecule has 2 aromatic carbocycles. The summed E-state index contributed by atoms with van der Waals surface area (Å²) in [6.07, 6.45) is -4.56. The van der Waals surface area contributed by atoms with Crippen LogP contribution in [0.3, 0.4) is 0 Å².